The van der Waals surface area contributed by atoms with Crippen LogP contribution in [0, 0.1) is 0 Å². The Kier molecular flexibility index (Phi) is 3.68. The molecule has 1 fully saturated rings. The molecule has 0 spiro atoms. The van der Waals surface area contributed by atoms with E-state index in [4.69, 9.17) is 4.74 Å². The van der Waals surface area contributed by atoms with Crippen LogP contribution in [0.4, 0.5) is 10.5 Å². The first-order valence-corrected chi connectivity index (χ1v) is 7.59. The molecule has 1 unspecified atom stereocenters. The number of likely N-dealkylation sites (tertiary alicyclic amines) is 1. The van der Waals surface area contributed by atoms with Gasteiger partial charge in [-0.15, -0.1) is 0 Å². The summed E-state index contributed by atoms with van der Waals surface area (Å²) in [5, 5.41) is 11.7. The summed E-state index contributed by atoms with van der Waals surface area (Å²) in [5.74, 6) is 0. The summed E-state index contributed by atoms with van der Waals surface area (Å²) in [6.45, 7) is 7.02. The number of hydrogen-bond acceptors (Lipinski definition) is 4. The van der Waals surface area contributed by atoms with Crippen molar-refractivity contribution in [1.29, 1.82) is 0 Å². The maximum Gasteiger partial charge on any atom is 0.410 e. The van der Waals surface area contributed by atoms with E-state index < -0.39 is 5.60 Å². The van der Waals surface area contributed by atoms with Crippen molar-refractivity contribution in [1.82, 2.24) is 15.1 Å². The van der Waals surface area contributed by atoms with Crippen molar-refractivity contribution >= 4 is 22.7 Å². The lowest BCUT2D eigenvalue weighted by atomic mass is 10.2. The Morgan fingerprint density at radius 1 is 1.45 bits per heavy atom. The van der Waals surface area contributed by atoms with Crippen molar-refractivity contribution in [3.05, 3.63) is 24.4 Å². The standard InChI is InChI=1S/C16H22N4O2/c1-16(2,3)22-15(21)20-8-7-12(10-20)18-13-6-4-5-11-9-17-19-14(11)13/h4-6,9,12,18H,7-8,10H2,1-3H3,(H,17,19). The quantitative estimate of drug-likeness (QED) is 0.894. The Hall–Kier alpha value is -2.24. The molecule has 1 saturated heterocycles. The second-order valence-electron chi connectivity index (χ2n) is 6.70. The second kappa shape index (κ2) is 5.51. The van der Waals surface area contributed by atoms with Gasteiger partial charge in [0.15, 0.2) is 0 Å². The summed E-state index contributed by atoms with van der Waals surface area (Å²) in [5.41, 5.74) is 1.56. The summed E-state index contributed by atoms with van der Waals surface area (Å²) in [6, 6.07) is 6.27. The van der Waals surface area contributed by atoms with Crippen LogP contribution in [-0.4, -0.2) is 45.9 Å². The molecule has 2 N–H and O–H groups in total. The normalized spacial score (nSPS) is 18.7. The summed E-state index contributed by atoms with van der Waals surface area (Å²) in [7, 11) is 0. The third-order valence-electron chi connectivity index (χ3n) is 3.68. The average Bonchev–Trinajstić information content (AvgIpc) is 3.05. The molecule has 6 nitrogen and oxygen atoms in total. The number of rotatable bonds is 2. The van der Waals surface area contributed by atoms with Crippen molar-refractivity contribution < 1.29 is 9.53 Å². The van der Waals surface area contributed by atoms with Gasteiger partial charge >= 0.3 is 6.09 Å². The zero-order chi connectivity index (χ0) is 15.7. The van der Waals surface area contributed by atoms with Gasteiger partial charge in [-0.2, -0.15) is 5.10 Å². The fourth-order valence-corrected chi connectivity index (χ4v) is 2.68. The number of hydrogen-bond donors (Lipinski definition) is 2. The molecule has 1 aliphatic heterocycles. The van der Waals surface area contributed by atoms with Gasteiger partial charge in [0.25, 0.3) is 0 Å². The monoisotopic (exact) mass is 302 g/mol. The highest BCUT2D eigenvalue weighted by Crippen LogP contribution is 2.24. The summed E-state index contributed by atoms with van der Waals surface area (Å²) in [4.78, 5) is 13.8. The van der Waals surface area contributed by atoms with Crippen LogP contribution in [0.1, 0.15) is 27.2 Å². The maximum atomic E-state index is 12.1. The van der Waals surface area contributed by atoms with E-state index in [1.54, 1.807) is 4.90 Å². The van der Waals surface area contributed by atoms with Crippen LogP contribution in [0.3, 0.4) is 0 Å². The predicted molar refractivity (Wildman–Crippen MR) is 85.9 cm³/mol. The van der Waals surface area contributed by atoms with Crippen LogP contribution >= 0.6 is 0 Å². The van der Waals surface area contributed by atoms with Crippen molar-refractivity contribution in [2.24, 2.45) is 0 Å². The molecular weight excluding hydrogens is 280 g/mol. The molecule has 0 radical (unpaired) electrons. The molecule has 1 amide bonds. The number of aromatic nitrogens is 2. The van der Waals surface area contributed by atoms with Gasteiger partial charge < -0.3 is 15.0 Å². The van der Waals surface area contributed by atoms with Crippen molar-refractivity contribution in [3.8, 4) is 0 Å². The SMILES string of the molecule is CC(C)(C)OC(=O)N1CCC(Nc2cccc3cn[nH]c23)C1. The van der Waals surface area contributed by atoms with Crippen LogP contribution in [0.25, 0.3) is 10.9 Å². The Balaban J connectivity index is 1.64. The van der Waals surface area contributed by atoms with E-state index in [2.05, 4.69) is 15.5 Å². The zero-order valence-corrected chi connectivity index (χ0v) is 13.2. The Morgan fingerprint density at radius 2 is 2.27 bits per heavy atom. The molecule has 1 atom stereocenters. The molecule has 2 heterocycles. The number of H-pyrrole nitrogens is 1. The number of anilines is 1. The topological polar surface area (TPSA) is 70.2 Å². The molecule has 1 aliphatic rings. The van der Waals surface area contributed by atoms with Gasteiger partial charge in [-0.05, 0) is 33.3 Å². The molecule has 6 heteroatoms. The van der Waals surface area contributed by atoms with Crippen LogP contribution < -0.4 is 5.32 Å². The van der Waals surface area contributed by atoms with Gasteiger partial charge in [-0.3, -0.25) is 5.10 Å². The predicted octanol–water partition coefficient (Wildman–Crippen LogP) is 2.98. The molecule has 0 bridgehead atoms. The van der Waals surface area contributed by atoms with Crippen LogP contribution in [0.2, 0.25) is 0 Å². The van der Waals surface area contributed by atoms with Crippen LogP contribution in [0.5, 0.6) is 0 Å². The van der Waals surface area contributed by atoms with E-state index >= 15 is 0 Å². The Bertz CT molecular complexity index is 674. The number of nitrogens with one attached hydrogen (secondary N) is 2. The summed E-state index contributed by atoms with van der Waals surface area (Å²) < 4.78 is 5.42. The van der Waals surface area contributed by atoms with E-state index in [1.807, 2.05) is 45.2 Å². The minimum Gasteiger partial charge on any atom is -0.444 e. The van der Waals surface area contributed by atoms with Gasteiger partial charge in [0.2, 0.25) is 0 Å². The molecule has 1 aromatic carbocycles. The first kappa shape index (κ1) is 14.7. The molecule has 0 saturated carbocycles. The smallest absolute Gasteiger partial charge is 0.410 e. The average molecular weight is 302 g/mol. The molecule has 118 valence electrons. The first-order valence-electron chi connectivity index (χ1n) is 7.59. The Morgan fingerprint density at radius 3 is 3.05 bits per heavy atom. The minimum atomic E-state index is -0.454. The highest BCUT2D eigenvalue weighted by Gasteiger charge is 2.29. The number of carbonyl (C=O) groups excluding carboxylic acids is 1. The summed E-state index contributed by atoms with van der Waals surface area (Å²) >= 11 is 0. The van der Waals surface area contributed by atoms with Crippen LogP contribution in [0.15, 0.2) is 24.4 Å². The number of carbonyl (C=O) groups is 1. The lowest BCUT2D eigenvalue weighted by Crippen LogP contribution is -2.36. The number of benzene rings is 1. The number of amides is 1. The van der Waals surface area contributed by atoms with Crippen LogP contribution in [-0.2, 0) is 4.74 Å². The maximum absolute atomic E-state index is 12.1. The number of nitrogens with zero attached hydrogens (tertiary/aromatic N) is 2. The summed E-state index contributed by atoms with van der Waals surface area (Å²) in [6.07, 6.45) is 2.47. The van der Waals surface area contributed by atoms with Crippen molar-refractivity contribution in [2.75, 3.05) is 18.4 Å². The Labute approximate surface area is 129 Å². The number of aromatic amines is 1. The largest absolute Gasteiger partial charge is 0.444 e. The minimum absolute atomic E-state index is 0.224. The number of para-hydroxylation sites is 1. The van der Waals surface area contributed by atoms with Crippen molar-refractivity contribution in [3.63, 3.8) is 0 Å². The highest BCUT2D eigenvalue weighted by molar-refractivity contribution is 5.90. The lowest BCUT2D eigenvalue weighted by molar-refractivity contribution is 0.0293. The van der Waals surface area contributed by atoms with E-state index in [0.29, 0.717) is 13.1 Å². The second-order valence-corrected chi connectivity index (χ2v) is 6.70. The molecule has 22 heavy (non-hydrogen) atoms. The number of fused-ring (bicyclic) bond motifs is 1. The molecule has 0 aliphatic carbocycles. The molecular formula is C16H22N4O2. The van der Waals surface area contributed by atoms with Gasteiger partial charge in [0.05, 0.1) is 17.4 Å². The molecule has 1 aromatic heterocycles. The van der Waals surface area contributed by atoms with Gasteiger partial charge in [0.1, 0.15) is 5.60 Å². The highest BCUT2D eigenvalue weighted by atomic mass is 16.6. The fourth-order valence-electron chi connectivity index (χ4n) is 2.68. The molecule has 2 aromatic rings. The third kappa shape index (κ3) is 3.16. The third-order valence-corrected chi connectivity index (χ3v) is 3.68. The molecule has 3 rings (SSSR count). The van der Waals surface area contributed by atoms with E-state index in [1.165, 1.54) is 0 Å². The lowest BCUT2D eigenvalue weighted by Gasteiger charge is -2.24. The fraction of sp³-hybridized carbons (Fsp3) is 0.500. The first-order chi connectivity index (χ1) is 10.4. The van der Waals surface area contributed by atoms with E-state index in [-0.39, 0.29) is 12.1 Å². The van der Waals surface area contributed by atoms with E-state index in [9.17, 15) is 4.79 Å². The van der Waals surface area contributed by atoms with Gasteiger partial charge in [-0.25, -0.2) is 4.79 Å². The van der Waals surface area contributed by atoms with Crippen molar-refractivity contribution in [2.45, 2.75) is 38.8 Å². The van der Waals surface area contributed by atoms with Gasteiger partial charge in [-0.1, -0.05) is 12.1 Å². The van der Waals surface area contributed by atoms with E-state index in [0.717, 1.165) is 23.0 Å². The van der Waals surface area contributed by atoms with Gasteiger partial charge in [0, 0.05) is 24.5 Å². The number of ether oxygens (including phenoxy) is 1. The zero-order valence-electron chi connectivity index (χ0n) is 13.2.